The summed E-state index contributed by atoms with van der Waals surface area (Å²) in [6.07, 6.45) is 0. The van der Waals surface area contributed by atoms with E-state index < -0.39 is 6.04 Å². The first-order chi connectivity index (χ1) is 12.5. The Labute approximate surface area is 160 Å². The Morgan fingerprint density at radius 1 is 1.04 bits per heavy atom. The number of hydrogen-bond acceptors (Lipinski definition) is 3. The monoisotopic (exact) mass is 370 g/mol. The van der Waals surface area contributed by atoms with Crippen LogP contribution in [0.5, 0.6) is 0 Å². The van der Waals surface area contributed by atoms with Crippen LogP contribution < -0.4 is 5.32 Å². The van der Waals surface area contributed by atoms with Gasteiger partial charge in [-0.2, -0.15) is 0 Å². The first kappa shape index (κ1) is 20.0. The van der Waals surface area contributed by atoms with E-state index in [-0.39, 0.29) is 11.8 Å². The topological polar surface area (TPSA) is 49.4 Å². The number of carbonyl (C=O) groups is 2. The summed E-state index contributed by atoms with van der Waals surface area (Å²) in [6.45, 7) is 4.26. The minimum Gasteiger partial charge on any atom is -0.357 e. The first-order valence-electron chi connectivity index (χ1n) is 8.69. The molecule has 0 aliphatic heterocycles. The van der Waals surface area contributed by atoms with Gasteiger partial charge in [0.25, 0.3) is 0 Å². The van der Waals surface area contributed by atoms with E-state index in [4.69, 9.17) is 0 Å². The van der Waals surface area contributed by atoms with Gasteiger partial charge in [-0.25, -0.2) is 0 Å². The zero-order chi connectivity index (χ0) is 18.9. The summed E-state index contributed by atoms with van der Waals surface area (Å²) in [6, 6.07) is 17.6. The van der Waals surface area contributed by atoms with Crippen molar-refractivity contribution in [2.45, 2.75) is 32.2 Å². The summed E-state index contributed by atoms with van der Waals surface area (Å²) >= 11 is 1.57. The van der Waals surface area contributed by atoms with E-state index in [1.165, 1.54) is 11.1 Å². The van der Waals surface area contributed by atoms with Crippen molar-refractivity contribution in [1.29, 1.82) is 0 Å². The molecule has 4 nitrogen and oxygen atoms in total. The van der Waals surface area contributed by atoms with Gasteiger partial charge in [0.2, 0.25) is 11.8 Å². The van der Waals surface area contributed by atoms with E-state index in [9.17, 15) is 9.59 Å². The molecule has 0 aromatic heterocycles. The Bertz CT molecular complexity index is 717. The van der Waals surface area contributed by atoms with Gasteiger partial charge in [0.1, 0.15) is 6.04 Å². The van der Waals surface area contributed by atoms with Crippen molar-refractivity contribution < 1.29 is 9.59 Å². The fourth-order valence-electron chi connectivity index (χ4n) is 2.60. The predicted molar refractivity (Wildman–Crippen MR) is 108 cm³/mol. The van der Waals surface area contributed by atoms with Crippen molar-refractivity contribution in [2.75, 3.05) is 12.8 Å². The van der Waals surface area contributed by atoms with Crippen LogP contribution in [-0.2, 0) is 21.9 Å². The Morgan fingerprint density at radius 2 is 1.69 bits per heavy atom. The molecule has 5 heteroatoms. The molecule has 0 aliphatic rings. The second-order valence-corrected chi connectivity index (χ2v) is 7.26. The van der Waals surface area contributed by atoms with Crippen LogP contribution in [-0.4, -0.2) is 35.6 Å². The molecule has 0 saturated carbocycles. The summed E-state index contributed by atoms with van der Waals surface area (Å²) in [5, 5.41) is 2.63. The zero-order valence-corrected chi connectivity index (χ0v) is 16.4. The molecule has 0 bridgehead atoms. The molecule has 138 valence electrons. The van der Waals surface area contributed by atoms with Gasteiger partial charge in [-0.15, -0.1) is 11.8 Å². The number of amides is 2. The number of hydrogen-bond donors (Lipinski definition) is 1. The Balaban J connectivity index is 1.99. The number of nitrogens with zero attached hydrogens (tertiary/aromatic N) is 1. The highest BCUT2D eigenvalue weighted by Gasteiger charge is 2.25. The second-order valence-electron chi connectivity index (χ2n) is 6.28. The number of likely N-dealkylation sites (N-methyl/N-ethyl adjacent to an activating group) is 1. The third kappa shape index (κ3) is 5.92. The van der Waals surface area contributed by atoms with E-state index in [0.717, 1.165) is 11.3 Å². The molecule has 2 rings (SSSR count). The zero-order valence-electron chi connectivity index (χ0n) is 15.6. The van der Waals surface area contributed by atoms with Crippen LogP contribution in [0.2, 0.25) is 0 Å². The van der Waals surface area contributed by atoms with Gasteiger partial charge in [-0.05, 0) is 25.0 Å². The van der Waals surface area contributed by atoms with Gasteiger partial charge >= 0.3 is 0 Å². The highest BCUT2D eigenvalue weighted by atomic mass is 32.2. The van der Waals surface area contributed by atoms with Crippen LogP contribution in [0.4, 0.5) is 0 Å². The Kier molecular flexibility index (Phi) is 7.73. The summed E-state index contributed by atoms with van der Waals surface area (Å²) in [7, 11) is 1.59. The lowest BCUT2D eigenvalue weighted by Crippen LogP contribution is -2.47. The van der Waals surface area contributed by atoms with Crippen LogP contribution in [0.3, 0.4) is 0 Å². The lowest BCUT2D eigenvalue weighted by molar-refractivity contribution is -0.138. The maximum Gasteiger partial charge on any atom is 0.242 e. The molecule has 2 aromatic rings. The molecular formula is C21H26N2O2S. The second kappa shape index (κ2) is 10.0. The third-order valence-corrected chi connectivity index (χ3v) is 5.21. The summed E-state index contributed by atoms with van der Waals surface area (Å²) < 4.78 is 0. The summed E-state index contributed by atoms with van der Waals surface area (Å²) in [4.78, 5) is 26.5. The van der Waals surface area contributed by atoms with Crippen LogP contribution >= 0.6 is 11.8 Å². The molecule has 0 aliphatic carbocycles. The molecule has 0 radical (unpaired) electrons. The molecule has 0 spiro atoms. The maximum absolute atomic E-state index is 12.8. The molecule has 1 atom stereocenters. The molecule has 0 saturated heterocycles. The van der Waals surface area contributed by atoms with Crippen LogP contribution in [0, 0.1) is 6.92 Å². The molecular weight excluding hydrogens is 344 g/mol. The third-order valence-electron chi connectivity index (χ3n) is 4.22. The highest BCUT2D eigenvalue weighted by molar-refractivity contribution is 7.99. The molecule has 0 unspecified atom stereocenters. The molecule has 0 fully saturated rings. The number of thioether (sulfide) groups is 1. The van der Waals surface area contributed by atoms with Crippen LogP contribution in [0.25, 0.3) is 0 Å². The molecule has 26 heavy (non-hydrogen) atoms. The van der Waals surface area contributed by atoms with E-state index in [1.54, 1.807) is 30.6 Å². The maximum atomic E-state index is 12.8. The van der Waals surface area contributed by atoms with Crippen LogP contribution in [0.1, 0.15) is 23.6 Å². The number of nitrogens with one attached hydrogen (secondary N) is 1. The normalized spacial score (nSPS) is 11.7. The van der Waals surface area contributed by atoms with Gasteiger partial charge in [-0.3, -0.25) is 9.59 Å². The molecule has 1 N–H and O–H groups in total. The fraction of sp³-hybridized carbons (Fsp3) is 0.333. The van der Waals surface area contributed by atoms with Crippen molar-refractivity contribution in [3.63, 3.8) is 0 Å². The van der Waals surface area contributed by atoms with Crippen molar-refractivity contribution in [1.82, 2.24) is 10.2 Å². The van der Waals surface area contributed by atoms with Crippen molar-refractivity contribution >= 4 is 23.6 Å². The SMILES string of the molecule is CNC(=O)[C@@H](C)N(Cc1ccccc1)C(=O)CSCc1ccc(C)cc1. The lowest BCUT2D eigenvalue weighted by atomic mass is 10.1. The highest BCUT2D eigenvalue weighted by Crippen LogP contribution is 2.16. The number of carbonyl (C=O) groups excluding carboxylic acids is 2. The molecule has 2 amide bonds. The fourth-order valence-corrected chi connectivity index (χ4v) is 3.47. The number of rotatable bonds is 8. The van der Waals surface area contributed by atoms with E-state index in [1.807, 2.05) is 30.3 Å². The summed E-state index contributed by atoms with van der Waals surface area (Å²) in [5.41, 5.74) is 3.44. The average molecular weight is 371 g/mol. The first-order valence-corrected chi connectivity index (χ1v) is 9.85. The number of aryl methyl sites for hydroxylation is 1. The van der Waals surface area contributed by atoms with Crippen molar-refractivity contribution in [2.24, 2.45) is 0 Å². The number of benzene rings is 2. The van der Waals surface area contributed by atoms with Gasteiger partial charge in [0.15, 0.2) is 0 Å². The lowest BCUT2D eigenvalue weighted by Gasteiger charge is -2.28. The Hall–Kier alpha value is -2.27. The van der Waals surface area contributed by atoms with Gasteiger partial charge < -0.3 is 10.2 Å². The Morgan fingerprint density at radius 3 is 2.31 bits per heavy atom. The van der Waals surface area contributed by atoms with Crippen molar-refractivity contribution in [3.05, 3.63) is 71.3 Å². The van der Waals surface area contributed by atoms with E-state index in [0.29, 0.717) is 12.3 Å². The summed E-state index contributed by atoms with van der Waals surface area (Å²) in [5.74, 6) is 0.946. The standard InChI is InChI=1S/C21H26N2O2S/c1-16-9-11-19(12-10-16)14-26-15-20(24)23(17(2)21(25)22-3)13-18-7-5-4-6-8-18/h4-12,17H,13-15H2,1-3H3,(H,22,25)/t17-/m1/s1. The van der Waals surface area contributed by atoms with Crippen molar-refractivity contribution in [3.8, 4) is 0 Å². The van der Waals surface area contributed by atoms with E-state index >= 15 is 0 Å². The van der Waals surface area contributed by atoms with E-state index in [2.05, 4.69) is 36.5 Å². The van der Waals surface area contributed by atoms with Gasteiger partial charge in [0, 0.05) is 19.3 Å². The predicted octanol–water partition coefficient (Wildman–Crippen LogP) is 3.39. The molecule has 0 heterocycles. The largest absolute Gasteiger partial charge is 0.357 e. The average Bonchev–Trinajstić information content (AvgIpc) is 2.67. The minimum atomic E-state index is -0.507. The molecule has 2 aromatic carbocycles. The minimum absolute atomic E-state index is 0.0259. The quantitative estimate of drug-likeness (QED) is 0.775. The van der Waals surface area contributed by atoms with Crippen LogP contribution in [0.15, 0.2) is 54.6 Å². The van der Waals surface area contributed by atoms with Gasteiger partial charge in [0.05, 0.1) is 5.75 Å². The van der Waals surface area contributed by atoms with Gasteiger partial charge in [-0.1, -0.05) is 60.2 Å². The smallest absolute Gasteiger partial charge is 0.242 e.